The SMILES string of the molecule is COc1ccc(OC)c(OC2CC2)c1. The first-order valence-corrected chi connectivity index (χ1v) is 4.72. The molecular weight excluding hydrogens is 180 g/mol. The molecule has 1 aliphatic rings. The Labute approximate surface area is 83.6 Å². The molecule has 0 aromatic heterocycles. The summed E-state index contributed by atoms with van der Waals surface area (Å²) >= 11 is 0. The van der Waals surface area contributed by atoms with Crippen LogP contribution in [0.4, 0.5) is 0 Å². The number of methoxy groups -OCH3 is 2. The van der Waals surface area contributed by atoms with Crippen LogP contribution in [0.3, 0.4) is 0 Å². The van der Waals surface area contributed by atoms with Crippen molar-refractivity contribution in [3.05, 3.63) is 18.2 Å². The first kappa shape index (κ1) is 9.19. The van der Waals surface area contributed by atoms with E-state index < -0.39 is 0 Å². The van der Waals surface area contributed by atoms with E-state index in [1.165, 1.54) is 0 Å². The van der Waals surface area contributed by atoms with Gasteiger partial charge in [0.2, 0.25) is 0 Å². The van der Waals surface area contributed by atoms with Gasteiger partial charge in [0.15, 0.2) is 11.5 Å². The third-order valence-corrected chi connectivity index (χ3v) is 2.19. The highest BCUT2D eigenvalue weighted by molar-refractivity contribution is 5.45. The van der Waals surface area contributed by atoms with Crippen LogP contribution in [0.2, 0.25) is 0 Å². The van der Waals surface area contributed by atoms with Gasteiger partial charge in [0.1, 0.15) is 5.75 Å². The van der Waals surface area contributed by atoms with E-state index in [9.17, 15) is 0 Å². The minimum atomic E-state index is 0.371. The lowest BCUT2D eigenvalue weighted by molar-refractivity contribution is 0.280. The van der Waals surface area contributed by atoms with Gasteiger partial charge < -0.3 is 14.2 Å². The van der Waals surface area contributed by atoms with Crippen LogP contribution >= 0.6 is 0 Å². The van der Waals surface area contributed by atoms with Crippen molar-refractivity contribution in [2.75, 3.05) is 14.2 Å². The fourth-order valence-electron chi connectivity index (χ4n) is 1.24. The first-order chi connectivity index (χ1) is 6.83. The standard InChI is InChI=1S/C11H14O3/c1-12-9-5-6-10(13-2)11(7-9)14-8-3-4-8/h5-8H,3-4H2,1-2H3. The Morgan fingerprint density at radius 2 is 1.86 bits per heavy atom. The van der Waals surface area contributed by atoms with Crippen molar-refractivity contribution in [2.24, 2.45) is 0 Å². The summed E-state index contributed by atoms with van der Waals surface area (Å²) in [5.74, 6) is 2.33. The Hall–Kier alpha value is -1.38. The molecule has 0 bridgehead atoms. The van der Waals surface area contributed by atoms with E-state index >= 15 is 0 Å². The Balaban J connectivity index is 2.21. The zero-order valence-electron chi connectivity index (χ0n) is 8.45. The molecule has 0 saturated heterocycles. The van der Waals surface area contributed by atoms with Crippen molar-refractivity contribution < 1.29 is 14.2 Å². The maximum absolute atomic E-state index is 5.68. The van der Waals surface area contributed by atoms with E-state index in [2.05, 4.69) is 0 Å². The van der Waals surface area contributed by atoms with Crippen molar-refractivity contribution in [3.8, 4) is 17.2 Å². The second-order valence-corrected chi connectivity index (χ2v) is 3.33. The van der Waals surface area contributed by atoms with Crippen molar-refractivity contribution in [1.29, 1.82) is 0 Å². The summed E-state index contributed by atoms with van der Waals surface area (Å²) in [5, 5.41) is 0. The summed E-state index contributed by atoms with van der Waals surface area (Å²) in [5.41, 5.74) is 0. The second-order valence-electron chi connectivity index (χ2n) is 3.33. The topological polar surface area (TPSA) is 27.7 Å². The highest BCUT2D eigenvalue weighted by Gasteiger charge is 2.25. The minimum Gasteiger partial charge on any atom is -0.497 e. The summed E-state index contributed by atoms with van der Waals surface area (Å²) in [4.78, 5) is 0. The van der Waals surface area contributed by atoms with Crippen molar-refractivity contribution in [3.63, 3.8) is 0 Å². The van der Waals surface area contributed by atoms with Crippen LogP contribution in [0.1, 0.15) is 12.8 Å². The molecular formula is C11H14O3. The zero-order chi connectivity index (χ0) is 9.97. The van der Waals surface area contributed by atoms with Gasteiger partial charge in [0, 0.05) is 6.07 Å². The molecule has 1 saturated carbocycles. The smallest absolute Gasteiger partial charge is 0.165 e. The maximum Gasteiger partial charge on any atom is 0.165 e. The van der Waals surface area contributed by atoms with Crippen LogP contribution in [0, 0.1) is 0 Å². The van der Waals surface area contributed by atoms with Crippen molar-refractivity contribution in [1.82, 2.24) is 0 Å². The molecule has 0 radical (unpaired) electrons. The van der Waals surface area contributed by atoms with Crippen LogP contribution in [0.15, 0.2) is 18.2 Å². The third-order valence-electron chi connectivity index (χ3n) is 2.19. The average Bonchev–Trinajstić information content (AvgIpc) is 3.01. The van der Waals surface area contributed by atoms with Gasteiger partial charge in [0.05, 0.1) is 20.3 Å². The normalized spacial score (nSPS) is 15.0. The van der Waals surface area contributed by atoms with Crippen LogP contribution in [-0.4, -0.2) is 20.3 Å². The van der Waals surface area contributed by atoms with E-state index in [-0.39, 0.29) is 0 Å². The predicted octanol–water partition coefficient (Wildman–Crippen LogP) is 2.25. The molecule has 0 aliphatic heterocycles. The molecule has 0 atom stereocenters. The Bertz CT molecular complexity index is 318. The van der Waals surface area contributed by atoms with Crippen LogP contribution in [-0.2, 0) is 0 Å². The maximum atomic E-state index is 5.68. The number of hydrogen-bond donors (Lipinski definition) is 0. The van der Waals surface area contributed by atoms with E-state index in [4.69, 9.17) is 14.2 Å². The van der Waals surface area contributed by atoms with Gasteiger partial charge in [-0.3, -0.25) is 0 Å². The number of ether oxygens (including phenoxy) is 3. The monoisotopic (exact) mass is 194 g/mol. The Kier molecular flexibility index (Phi) is 2.48. The molecule has 2 rings (SSSR count). The largest absolute Gasteiger partial charge is 0.497 e. The predicted molar refractivity (Wildman–Crippen MR) is 53.2 cm³/mol. The molecule has 3 nitrogen and oxygen atoms in total. The first-order valence-electron chi connectivity index (χ1n) is 4.72. The van der Waals surface area contributed by atoms with E-state index in [1.807, 2.05) is 18.2 Å². The van der Waals surface area contributed by atoms with Crippen molar-refractivity contribution in [2.45, 2.75) is 18.9 Å². The van der Waals surface area contributed by atoms with Gasteiger partial charge in [0.25, 0.3) is 0 Å². The fourth-order valence-corrected chi connectivity index (χ4v) is 1.24. The van der Waals surface area contributed by atoms with E-state index in [0.29, 0.717) is 6.10 Å². The molecule has 1 aromatic rings. The van der Waals surface area contributed by atoms with Crippen LogP contribution in [0.5, 0.6) is 17.2 Å². The Morgan fingerprint density at radius 3 is 2.43 bits per heavy atom. The van der Waals surface area contributed by atoms with Crippen LogP contribution < -0.4 is 14.2 Å². The molecule has 1 fully saturated rings. The zero-order valence-corrected chi connectivity index (χ0v) is 8.45. The molecule has 1 aliphatic carbocycles. The van der Waals surface area contributed by atoms with Crippen LogP contribution in [0.25, 0.3) is 0 Å². The molecule has 3 heteroatoms. The molecule has 0 N–H and O–H groups in total. The average molecular weight is 194 g/mol. The molecule has 0 heterocycles. The van der Waals surface area contributed by atoms with Gasteiger partial charge in [-0.25, -0.2) is 0 Å². The summed E-state index contributed by atoms with van der Waals surface area (Å²) in [7, 11) is 3.28. The highest BCUT2D eigenvalue weighted by atomic mass is 16.5. The lowest BCUT2D eigenvalue weighted by atomic mass is 10.3. The minimum absolute atomic E-state index is 0.371. The second kappa shape index (κ2) is 3.78. The van der Waals surface area contributed by atoms with Gasteiger partial charge in [-0.2, -0.15) is 0 Å². The van der Waals surface area contributed by atoms with Gasteiger partial charge in [-0.1, -0.05) is 0 Å². The highest BCUT2D eigenvalue weighted by Crippen LogP contribution is 2.35. The third kappa shape index (κ3) is 1.92. The summed E-state index contributed by atoms with van der Waals surface area (Å²) in [6, 6.07) is 5.58. The summed E-state index contributed by atoms with van der Waals surface area (Å²) in [6.45, 7) is 0. The Morgan fingerprint density at radius 1 is 1.07 bits per heavy atom. The van der Waals surface area contributed by atoms with Gasteiger partial charge >= 0.3 is 0 Å². The van der Waals surface area contributed by atoms with Gasteiger partial charge in [-0.15, -0.1) is 0 Å². The quantitative estimate of drug-likeness (QED) is 0.735. The number of rotatable bonds is 4. The molecule has 14 heavy (non-hydrogen) atoms. The summed E-state index contributed by atoms with van der Waals surface area (Å²) in [6.07, 6.45) is 2.65. The van der Waals surface area contributed by atoms with Crippen molar-refractivity contribution >= 4 is 0 Å². The molecule has 76 valence electrons. The van der Waals surface area contributed by atoms with E-state index in [0.717, 1.165) is 30.1 Å². The molecule has 0 amide bonds. The van der Waals surface area contributed by atoms with Gasteiger partial charge in [-0.05, 0) is 25.0 Å². The molecule has 1 aromatic carbocycles. The lowest BCUT2D eigenvalue weighted by Gasteiger charge is -2.10. The summed E-state index contributed by atoms with van der Waals surface area (Å²) < 4.78 is 16.0. The fraction of sp³-hybridized carbons (Fsp3) is 0.455. The molecule has 0 spiro atoms. The lowest BCUT2D eigenvalue weighted by Crippen LogP contribution is -1.98. The number of benzene rings is 1. The molecule has 0 unspecified atom stereocenters. The number of hydrogen-bond acceptors (Lipinski definition) is 3. The van der Waals surface area contributed by atoms with E-state index in [1.54, 1.807) is 14.2 Å².